The van der Waals surface area contributed by atoms with Crippen LogP contribution in [0.15, 0.2) is 30.7 Å². The largest absolute Gasteiger partial charge is 0.363 e. The first kappa shape index (κ1) is 16.3. The number of nitrogens with one attached hydrogen (secondary N) is 1. The van der Waals surface area contributed by atoms with Gasteiger partial charge in [-0.2, -0.15) is 0 Å². The number of amides is 1. The zero-order chi connectivity index (χ0) is 17.1. The minimum Gasteiger partial charge on any atom is -0.363 e. The lowest BCUT2D eigenvalue weighted by Crippen LogP contribution is -2.48. The average Bonchev–Trinajstić information content (AvgIpc) is 3.01. The van der Waals surface area contributed by atoms with Crippen LogP contribution < -0.4 is 15.1 Å². The van der Waals surface area contributed by atoms with E-state index in [9.17, 15) is 4.79 Å². The van der Waals surface area contributed by atoms with E-state index in [1.165, 1.54) is 0 Å². The van der Waals surface area contributed by atoms with E-state index in [4.69, 9.17) is 0 Å². The van der Waals surface area contributed by atoms with E-state index in [2.05, 4.69) is 20.2 Å². The van der Waals surface area contributed by atoms with E-state index in [-0.39, 0.29) is 11.9 Å². The Morgan fingerprint density at radius 1 is 1.38 bits per heavy atom. The highest BCUT2D eigenvalue weighted by atomic mass is 16.2. The van der Waals surface area contributed by atoms with Gasteiger partial charge in [0.15, 0.2) is 0 Å². The molecule has 0 saturated carbocycles. The van der Waals surface area contributed by atoms with Gasteiger partial charge in [-0.05, 0) is 25.0 Å². The average molecular weight is 328 g/mol. The van der Waals surface area contributed by atoms with Gasteiger partial charge in [0.25, 0.3) is 5.91 Å². The van der Waals surface area contributed by atoms with Gasteiger partial charge in [0, 0.05) is 52.5 Å². The van der Waals surface area contributed by atoms with Gasteiger partial charge in [-0.25, -0.2) is 9.97 Å². The molecule has 0 aromatic carbocycles. The normalized spacial score (nSPS) is 17.6. The zero-order valence-corrected chi connectivity index (χ0v) is 14.4. The number of aromatic nitrogens is 3. The van der Waals surface area contributed by atoms with Crippen LogP contribution in [0.4, 0.5) is 11.6 Å². The summed E-state index contributed by atoms with van der Waals surface area (Å²) in [6, 6.07) is 5.83. The van der Waals surface area contributed by atoms with Crippen molar-refractivity contribution in [1.29, 1.82) is 0 Å². The third-order valence-electron chi connectivity index (χ3n) is 4.35. The van der Waals surface area contributed by atoms with Gasteiger partial charge in [-0.3, -0.25) is 4.79 Å². The standard InChI is InChI=1S/C17H24N6O/c1-21(2)15-10-16(19-12-18-15)23-9-4-6-13(11-23)20-17(24)14-7-5-8-22(14)3/h5,7-8,10,12-13H,4,6,9,11H2,1-3H3,(H,20,24)/t13-/m1/s1. The third kappa shape index (κ3) is 3.50. The Kier molecular flexibility index (Phi) is 4.69. The summed E-state index contributed by atoms with van der Waals surface area (Å²) >= 11 is 0. The maximum atomic E-state index is 12.4. The van der Waals surface area contributed by atoms with Gasteiger partial charge >= 0.3 is 0 Å². The van der Waals surface area contributed by atoms with Crippen LogP contribution >= 0.6 is 0 Å². The van der Waals surface area contributed by atoms with Crippen molar-refractivity contribution in [3.8, 4) is 0 Å². The van der Waals surface area contributed by atoms with Crippen molar-refractivity contribution < 1.29 is 4.79 Å². The second-order valence-electron chi connectivity index (χ2n) is 6.39. The fourth-order valence-corrected chi connectivity index (χ4v) is 3.01. The summed E-state index contributed by atoms with van der Waals surface area (Å²) in [5, 5.41) is 3.14. The molecule has 0 bridgehead atoms. The van der Waals surface area contributed by atoms with Crippen LogP contribution in [0.3, 0.4) is 0 Å². The lowest BCUT2D eigenvalue weighted by molar-refractivity contribution is 0.0925. The van der Waals surface area contributed by atoms with E-state index in [1.807, 2.05) is 55.0 Å². The summed E-state index contributed by atoms with van der Waals surface area (Å²) in [6.07, 6.45) is 5.49. The number of rotatable bonds is 4. The van der Waals surface area contributed by atoms with Crippen LogP contribution in [0.2, 0.25) is 0 Å². The highest BCUT2D eigenvalue weighted by Gasteiger charge is 2.23. The molecule has 2 aromatic heterocycles. The van der Waals surface area contributed by atoms with Crippen LogP contribution in [0, 0.1) is 0 Å². The Bertz CT molecular complexity index is 711. The van der Waals surface area contributed by atoms with Crippen molar-refractivity contribution in [3.05, 3.63) is 36.4 Å². The molecule has 1 fully saturated rings. The first-order chi connectivity index (χ1) is 11.5. The van der Waals surface area contributed by atoms with Crippen LogP contribution in [0.25, 0.3) is 0 Å². The van der Waals surface area contributed by atoms with Gasteiger partial charge in [0.1, 0.15) is 23.7 Å². The fourth-order valence-electron chi connectivity index (χ4n) is 3.01. The molecular formula is C17H24N6O. The number of piperidine rings is 1. The molecule has 1 aliphatic rings. The molecule has 0 spiro atoms. The van der Waals surface area contributed by atoms with Crippen LogP contribution in [0.1, 0.15) is 23.3 Å². The zero-order valence-electron chi connectivity index (χ0n) is 14.4. The van der Waals surface area contributed by atoms with Crippen molar-refractivity contribution in [1.82, 2.24) is 19.9 Å². The highest BCUT2D eigenvalue weighted by Crippen LogP contribution is 2.20. The van der Waals surface area contributed by atoms with Gasteiger partial charge in [-0.1, -0.05) is 0 Å². The van der Waals surface area contributed by atoms with E-state index in [0.29, 0.717) is 5.69 Å². The van der Waals surface area contributed by atoms with Gasteiger partial charge in [0.2, 0.25) is 0 Å². The topological polar surface area (TPSA) is 66.3 Å². The predicted molar refractivity (Wildman–Crippen MR) is 94.5 cm³/mol. The minimum absolute atomic E-state index is 0.0222. The van der Waals surface area contributed by atoms with Crippen LogP contribution in [0.5, 0.6) is 0 Å². The molecule has 1 saturated heterocycles. The van der Waals surface area contributed by atoms with E-state index in [0.717, 1.165) is 37.6 Å². The summed E-state index contributed by atoms with van der Waals surface area (Å²) in [4.78, 5) is 25.2. The van der Waals surface area contributed by atoms with Crippen LogP contribution in [-0.2, 0) is 7.05 Å². The molecule has 128 valence electrons. The number of aryl methyl sites for hydroxylation is 1. The third-order valence-corrected chi connectivity index (χ3v) is 4.35. The van der Waals surface area contributed by atoms with E-state index in [1.54, 1.807) is 6.33 Å². The number of carbonyl (C=O) groups excluding carboxylic acids is 1. The molecular weight excluding hydrogens is 304 g/mol. The molecule has 0 radical (unpaired) electrons. The maximum Gasteiger partial charge on any atom is 0.268 e. The van der Waals surface area contributed by atoms with Gasteiger partial charge < -0.3 is 19.7 Å². The molecule has 7 nitrogen and oxygen atoms in total. The summed E-state index contributed by atoms with van der Waals surface area (Å²) < 4.78 is 1.84. The molecule has 0 aliphatic carbocycles. The number of anilines is 2. The minimum atomic E-state index is -0.0222. The number of carbonyl (C=O) groups is 1. The molecule has 1 N–H and O–H groups in total. The first-order valence-electron chi connectivity index (χ1n) is 8.21. The molecule has 1 aliphatic heterocycles. The van der Waals surface area contributed by atoms with Crippen molar-refractivity contribution in [3.63, 3.8) is 0 Å². The quantitative estimate of drug-likeness (QED) is 0.916. The summed E-state index contributed by atoms with van der Waals surface area (Å²) in [7, 11) is 5.81. The van der Waals surface area contributed by atoms with Gasteiger partial charge in [0.05, 0.1) is 0 Å². The Morgan fingerprint density at radius 2 is 2.21 bits per heavy atom. The highest BCUT2D eigenvalue weighted by molar-refractivity contribution is 5.92. The molecule has 3 rings (SSSR count). The Balaban J connectivity index is 1.67. The Morgan fingerprint density at radius 3 is 2.92 bits per heavy atom. The fraction of sp³-hybridized carbons (Fsp3) is 0.471. The van der Waals surface area contributed by atoms with Crippen molar-refractivity contribution in [2.45, 2.75) is 18.9 Å². The number of hydrogen-bond donors (Lipinski definition) is 1. The van der Waals surface area contributed by atoms with E-state index < -0.39 is 0 Å². The SMILES string of the molecule is CN(C)c1cc(N2CCC[C@@H](NC(=O)c3cccn3C)C2)ncn1. The maximum absolute atomic E-state index is 12.4. The monoisotopic (exact) mass is 328 g/mol. The predicted octanol–water partition coefficient (Wildman–Crippen LogP) is 1.28. The van der Waals surface area contributed by atoms with Crippen molar-refractivity contribution in [2.24, 2.45) is 7.05 Å². The first-order valence-corrected chi connectivity index (χ1v) is 8.21. The summed E-state index contributed by atoms with van der Waals surface area (Å²) in [6.45, 7) is 1.71. The molecule has 0 unspecified atom stereocenters. The second-order valence-corrected chi connectivity index (χ2v) is 6.39. The second kappa shape index (κ2) is 6.90. The van der Waals surface area contributed by atoms with Crippen molar-refractivity contribution >= 4 is 17.5 Å². The molecule has 1 atom stereocenters. The smallest absolute Gasteiger partial charge is 0.268 e. The lowest BCUT2D eigenvalue weighted by Gasteiger charge is -2.34. The van der Waals surface area contributed by atoms with E-state index >= 15 is 0 Å². The Labute approximate surface area is 142 Å². The number of nitrogens with zero attached hydrogens (tertiary/aromatic N) is 5. The summed E-state index contributed by atoms with van der Waals surface area (Å²) in [5.41, 5.74) is 0.684. The molecule has 7 heteroatoms. The number of hydrogen-bond acceptors (Lipinski definition) is 5. The lowest BCUT2D eigenvalue weighted by atomic mass is 10.1. The molecule has 2 aromatic rings. The van der Waals surface area contributed by atoms with Crippen molar-refractivity contribution in [2.75, 3.05) is 37.0 Å². The van der Waals surface area contributed by atoms with Gasteiger partial charge in [-0.15, -0.1) is 0 Å². The Hall–Kier alpha value is -2.57. The molecule has 3 heterocycles. The van der Waals surface area contributed by atoms with Crippen LogP contribution in [-0.4, -0.2) is 53.7 Å². The molecule has 24 heavy (non-hydrogen) atoms. The molecule has 1 amide bonds. The summed E-state index contributed by atoms with van der Waals surface area (Å²) in [5.74, 6) is 1.77.